The first kappa shape index (κ1) is 27.5. The number of carbonyl (C=O) groups excluding carboxylic acids is 1. The van der Waals surface area contributed by atoms with Crippen LogP contribution in [0, 0.1) is 10.1 Å². The molecular weight excluding hydrogens is 572 g/mol. The van der Waals surface area contributed by atoms with Crippen LogP contribution < -0.4 is 19.6 Å². The molecule has 3 aromatic carbocycles. The van der Waals surface area contributed by atoms with Gasteiger partial charge in [0.1, 0.15) is 11.4 Å². The van der Waals surface area contributed by atoms with Crippen LogP contribution in [0.3, 0.4) is 0 Å². The predicted molar refractivity (Wildman–Crippen MR) is 159 cm³/mol. The van der Waals surface area contributed by atoms with Crippen LogP contribution in [0.2, 0.25) is 0 Å². The third-order valence-electron chi connectivity index (χ3n) is 6.34. The second-order valence-electron chi connectivity index (χ2n) is 9.22. The van der Waals surface area contributed by atoms with Crippen molar-refractivity contribution in [2.45, 2.75) is 13.8 Å². The van der Waals surface area contributed by atoms with Crippen LogP contribution in [-0.4, -0.2) is 41.9 Å². The molecule has 0 aliphatic rings. The summed E-state index contributed by atoms with van der Waals surface area (Å²) in [6, 6.07) is 20.8. The van der Waals surface area contributed by atoms with Gasteiger partial charge < -0.3 is 9.47 Å². The maximum atomic E-state index is 13.4. The third kappa shape index (κ3) is 5.36. The number of nitro benzene ring substituents is 1. The van der Waals surface area contributed by atoms with Gasteiger partial charge in [-0.05, 0) is 49.4 Å². The molecule has 0 saturated carbocycles. The summed E-state index contributed by atoms with van der Waals surface area (Å²) in [5, 5.41) is 20.9. The van der Waals surface area contributed by atoms with E-state index in [1.165, 1.54) is 17.5 Å². The SMILES string of the molecule is CCOc1ccc(-c2nn(-c3ccccc3)cc2C=c2sc3nc(-c4ccccc4OC(C)=O)nn3c2=O)cc1[N+](=O)[O-]. The number of nitrogens with zero attached hydrogens (tertiary/aromatic N) is 6. The molecule has 6 aromatic rings. The Morgan fingerprint density at radius 2 is 1.81 bits per heavy atom. The highest BCUT2D eigenvalue weighted by Gasteiger charge is 2.21. The van der Waals surface area contributed by atoms with Gasteiger partial charge in [0.15, 0.2) is 11.6 Å². The van der Waals surface area contributed by atoms with Crippen molar-refractivity contribution in [3.05, 3.63) is 110 Å². The first-order valence-corrected chi connectivity index (χ1v) is 13.9. The van der Waals surface area contributed by atoms with E-state index in [9.17, 15) is 19.7 Å². The van der Waals surface area contributed by atoms with Crippen molar-refractivity contribution in [1.82, 2.24) is 24.4 Å². The standard InChI is InChI=1S/C30H22N6O6S/c1-3-41-25-14-13-19(15-23(25)36(39)40)27-20(17-34(32-27)21-9-5-4-6-10-21)16-26-29(38)35-30(43-26)31-28(33-35)22-11-7-8-12-24(22)42-18(2)37/h4-17H,3H2,1-2H3. The Labute approximate surface area is 247 Å². The molecular formula is C30H22N6O6S. The van der Waals surface area contributed by atoms with Crippen molar-refractivity contribution in [2.24, 2.45) is 0 Å². The molecule has 6 rings (SSSR count). The van der Waals surface area contributed by atoms with Crippen LogP contribution in [-0.2, 0) is 4.79 Å². The summed E-state index contributed by atoms with van der Waals surface area (Å²) in [4.78, 5) is 41.2. The van der Waals surface area contributed by atoms with Crippen LogP contribution >= 0.6 is 11.3 Å². The van der Waals surface area contributed by atoms with E-state index >= 15 is 0 Å². The maximum Gasteiger partial charge on any atom is 0.311 e. The number of hydrogen-bond donors (Lipinski definition) is 0. The molecule has 3 heterocycles. The number of benzene rings is 3. The molecule has 0 saturated heterocycles. The molecule has 0 unspecified atom stereocenters. The zero-order valence-corrected chi connectivity index (χ0v) is 23.6. The summed E-state index contributed by atoms with van der Waals surface area (Å²) >= 11 is 1.13. The minimum absolute atomic E-state index is 0.155. The maximum absolute atomic E-state index is 13.4. The van der Waals surface area contributed by atoms with Crippen molar-refractivity contribution in [3.63, 3.8) is 0 Å². The Balaban J connectivity index is 1.48. The number of fused-ring (bicyclic) bond motifs is 1. The predicted octanol–water partition coefficient (Wildman–Crippen LogP) is 4.45. The van der Waals surface area contributed by atoms with Gasteiger partial charge in [0, 0.05) is 30.3 Å². The zero-order valence-electron chi connectivity index (χ0n) is 22.8. The molecule has 0 bridgehead atoms. The summed E-state index contributed by atoms with van der Waals surface area (Å²) in [6.07, 6.45) is 3.42. The van der Waals surface area contributed by atoms with Crippen molar-refractivity contribution in [1.29, 1.82) is 0 Å². The summed E-state index contributed by atoms with van der Waals surface area (Å²) in [7, 11) is 0. The number of hydrogen-bond acceptors (Lipinski definition) is 10. The smallest absolute Gasteiger partial charge is 0.311 e. The van der Waals surface area contributed by atoms with E-state index in [1.54, 1.807) is 60.3 Å². The molecule has 0 amide bonds. The Morgan fingerprint density at radius 1 is 1.05 bits per heavy atom. The highest BCUT2D eigenvalue weighted by Crippen LogP contribution is 2.34. The largest absolute Gasteiger partial charge is 0.487 e. The fraction of sp³-hybridized carbons (Fsp3) is 0.100. The Bertz CT molecular complexity index is 2120. The lowest BCUT2D eigenvalue weighted by Gasteiger charge is -2.06. The molecule has 0 spiro atoms. The number of ether oxygens (including phenoxy) is 2. The van der Waals surface area contributed by atoms with Gasteiger partial charge in [-0.3, -0.25) is 19.7 Å². The molecule has 0 radical (unpaired) electrons. The molecule has 0 aliphatic carbocycles. The number of rotatable bonds is 8. The van der Waals surface area contributed by atoms with Gasteiger partial charge in [-0.1, -0.05) is 41.7 Å². The quantitative estimate of drug-likeness (QED) is 0.108. The van der Waals surface area contributed by atoms with Gasteiger partial charge in [-0.25, -0.2) is 4.68 Å². The van der Waals surface area contributed by atoms with Crippen LogP contribution in [0.5, 0.6) is 11.5 Å². The lowest BCUT2D eigenvalue weighted by molar-refractivity contribution is -0.385. The fourth-order valence-corrected chi connectivity index (χ4v) is 5.40. The lowest BCUT2D eigenvalue weighted by atomic mass is 10.1. The highest BCUT2D eigenvalue weighted by atomic mass is 32.1. The first-order valence-electron chi connectivity index (χ1n) is 13.1. The van der Waals surface area contributed by atoms with Gasteiger partial charge >= 0.3 is 11.7 Å². The summed E-state index contributed by atoms with van der Waals surface area (Å²) in [6.45, 7) is 3.33. The highest BCUT2D eigenvalue weighted by molar-refractivity contribution is 7.15. The second-order valence-corrected chi connectivity index (χ2v) is 10.2. The van der Waals surface area contributed by atoms with E-state index in [2.05, 4.69) is 10.1 Å². The van der Waals surface area contributed by atoms with E-state index in [0.29, 0.717) is 31.9 Å². The Morgan fingerprint density at radius 3 is 2.53 bits per heavy atom. The van der Waals surface area contributed by atoms with Crippen molar-refractivity contribution >= 4 is 34.0 Å². The zero-order chi connectivity index (χ0) is 30.1. The van der Waals surface area contributed by atoms with Crippen LogP contribution in [0.15, 0.2) is 83.8 Å². The van der Waals surface area contributed by atoms with E-state index in [0.717, 1.165) is 17.0 Å². The molecule has 0 fully saturated rings. The number of nitro groups is 1. The number of carbonyl (C=O) groups is 1. The normalized spacial score (nSPS) is 11.6. The van der Waals surface area contributed by atoms with Gasteiger partial charge in [0.25, 0.3) is 5.56 Å². The molecule has 0 aliphatic heterocycles. The summed E-state index contributed by atoms with van der Waals surface area (Å²) in [5.41, 5.74) is 2.12. The topological polar surface area (TPSA) is 144 Å². The number of aromatic nitrogens is 5. The molecule has 3 aromatic heterocycles. The van der Waals surface area contributed by atoms with Crippen molar-refractivity contribution < 1.29 is 19.2 Å². The van der Waals surface area contributed by atoms with Crippen LogP contribution in [0.25, 0.3) is 39.4 Å². The monoisotopic (exact) mass is 594 g/mol. The summed E-state index contributed by atoms with van der Waals surface area (Å²) < 4.78 is 13.9. The molecule has 13 heteroatoms. The molecule has 43 heavy (non-hydrogen) atoms. The van der Waals surface area contributed by atoms with Crippen LogP contribution in [0.1, 0.15) is 19.4 Å². The van der Waals surface area contributed by atoms with Crippen LogP contribution in [0.4, 0.5) is 5.69 Å². The minimum Gasteiger partial charge on any atom is -0.487 e. The molecule has 0 N–H and O–H groups in total. The minimum atomic E-state index is -0.501. The van der Waals surface area contributed by atoms with E-state index in [-0.39, 0.29) is 29.6 Å². The number of para-hydroxylation sites is 2. The van der Waals surface area contributed by atoms with E-state index in [4.69, 9.17) is 14.6 Å². The first-order chi connectivity index (χ1) is 20.8. The van der Waals surface area contributed by atoms with E-state index < -0.39 is 16.5 Å². The Kier molecular flexibility index (Phi) is 7.22. The lowest BCUT2D eigenvalue weighted by Crippen LogP contribution is -2.23. The van der Waals surface area contributed by atoms with Gasteiger partial charge in [0.2, 0.25) is 4.96 Å². The number of thiazole rings is 1. The van der Waals surface area contributed by atoms with Gasteiger partial charge in [-0.2, -0.15) is 14.6 Å². The van der Waals surface area contributed by atoms with Gasteiger partial charge in [-0.15, -0.1) is 5.10 Å². The van der Waals surface area contributed by atoms with Gasteiger partial charge in [0.05, 0.1) is 27.3 Å². The average molecular weight is 595 g/mol. The Hall–Kier alpha value is -5.69. The average Bonchev–Trinajstić information content (AvgIpc) is 3.69. The third-order valence-corrected chi connectivity index (χ3v) is 7.30. The molecule has 12 nitrogen and oxygen atoms in total. The second kappa shape index (κ2) is 11.3. The molecule has 214 valence electrons. The number of esters is 1. The van der Waals surface area contributed by atoms with E-state index in [1.807, 2.05) is 30.3 Å². The van der Waals surface area contributed by atoms with Crippen molar-refractivity contribution in [3.8, 4) is 39.8 Å². The summed E-state index contributed by atoms with van der Waals surface area (Å²) in [5.74, 6) is 0.197. The van der Waals surface area contributed by atoms with Crippen molar-refractivity contribution in [2.75, 3.05) is 6.61 Å². The fourth-order valence-electron chi connectivity index (χ4n) is 4.50. The molecule has 0 atom stereocenters.